The van der Waals surface area contributed by atoms with Crippen molar-refractivity contribution in [1.82, 2.24) is 10.1 Å². The molecule has 0 unspecified atom stereocenters. The van der Waals surface area contributed by atoms with E-state index >= 15 is 0 Å². The molecular formula is C10H6ClFN2O3. The summed E-state index contributed by atoms with van der Waals surface area (Å²) in [6, 6.07) is 1.03. The van der Waals surface area contributed by atoms with Crippen LogP contribution in [-0.4, -0.2) is 21.2 Å². The molecule has 0 fully saturated rings. The highest BCUT2D eigenvalue weighted by Gasteiger charge is 2.24. The molecule has 2 aromatic heterocycles. The van der Waals surface area contributed by atoms with Gasteiger partial charge in [0.05, 0.1) is 5.02 Å². The standard InChI is InChI=1S/C10H6ClFN2O3/c1-4-7(10(15)16)9(14-17-4)8-6(12)2-5(11)3-13-8/h2-3H,1H3,(H,15,16). The topological polar surface area (TPSA) is 76.2 Å². The zero-order valence-corrected chi connectivity index (χ0v) is 9.32. The van der Waals surface area contributed by atoms with E-state index in [4.69, 9.17) is 21.2 Å². The minimum absolute atomic E-state index is 0.0867. The first-order valence-electron chi connectivity index (χ1n) is 4.51. The summed E-state index contributed by atoms with van der Waals surface area (Å²) in [6.07, 6.45) is 1.20. The van der Waals surface area contributed by atoms with Crippen molar-refractivity contribution in [2.45, 2.75) is 6.92 Å². The molecule has 0 saturated carbocycles. The summed E-state index contributed by atoms with van der Waals surface area (Å²) in [5.41, 5.74) is -0.563. The van der Waals surface area contributed by atoms with Gasteiger partial charge < -0.3 is 9.63 Å². The number of carbonyl (C=O) groups is 1. The van der Waals surface area contributed by atoms with Crippen molar-refractivity contribution in [3.63, 3.8) is 0 Å². The predicted molar refractivity (Wildman–Crippen MR) is 56.4 cm³/mol. The summed E-state index contributed by atoms with van der Waals surface area (Å²) in [5.74, 6) is -1.92. The summed E-state index contributed by atoms with van der Waals surface area (Å²) < 4.78 is 18.3. The lowest BCUT2D eigenvalue weighted by Crippen LogP contribution is -2.01. The van der Waals surface area contributed by atoms with Crippen LogP contribution in [0.4, 0.5) is 4.39 Å². The van der Waals surface area contributed by atoms with Gasteiger partial charge in [0.1, 0.15) is 22.7 Å². The Kier molecular flexibility index (Phi) is 2.81. The Morgan fingerprint density at radius 1 is 1.53 bits per heavy atom. The number of pyridine rings is 1. The monoisotopic (exact) mass is 256 g/mol. The van der Waals surface area contributed by atoms with Gasteiger partial charge in [0.25, 0.3) is 0 Å². The number of halogens is 2. The van der Waals surface area contributed by atoms with Crippen LogP contribution in [0.1, 0.15) is 16.1 Å². The predicted octanol–water partition coefficient (Wildman–Crippen LogP) is 2.54. The Labute approximate surface area is 99.8 Å². The van der Waals surface area contributed by atoms with Gasteiger partial charge in [-0.05, 0) is 13.0 Å². The Balaban J connectivity index is 2.65. The molecule has 88 valence electrons. The summed E-state index contributed by atoms with van der Waals surface area (Å²) in [7, 11) is 0. The quantitative estimate of drug-likeness (QED) is 0.893. The first kappa shape index (κ1) is 11.5. The number of aryl methyl sites for hydroxylation is 1. The number of carboxylic acid groups (broad SMARTS) is 1. The maximum Gasteiger partial charge on any atom is 0.341 e. The van der Waals surface area contributed by atoms with E-state index in [0.29, 0.717) is 0 Å². The summed E-state index contributed by atoms with van der Waals surface area (Å²) >= 11 is 5.55. The van der Waals surface area contributed by atoms with Crippen LogP contribution in [-0.2, 0) is 0 Å². The molecule has 2 rings (SSSR count). The molecule has 0 bridgehead atoms. The van der Waals surface area contributed by atoms with E-state index < -0.39 is 11.8 Å². The second-order valence-corrected chi connectivity index (χ2v) is 3.69. The summed E-state index contributed by atoms with van der Waals surface area (Å²) in [4.78, 5) is 14.7. The Hall–Kier alpha value is -1.95. The zero-order chi connectivity index (χ0) is 12.6. The molecule has 1 N–H and O–H groups in total. The van der Waals surface area contributed by atoms with Crippen LogP contribution in [0.5, 0.6) is 0 Å². The van der Waals surface area contributed by atoms with Crippen LogP contribution in [0.15, 0.2) is 16.8 Å². The smallest absolute Gasteiger partial charge is 0.341 e. The van der Waals surface area contributed by atoms with E-state index in [1.807, 2.05) is 0 Å². The molecular weight excluding hydrogens is 251 g/mol. The van der Waals surface area contributed by atoms with Crippen LogP contribution in [0.25, 0.3) is 11.4 Å². The molecule has 0 spiro atoms. The van der Waals surface area contributed by atoms with Crippen LogP contribution in [0, 0.1) is 12.7 Å². The van der Waals surface area contributed by atoms with Crippen molar-refractivity contribution in [3.05, 3.63) is 34.4 Å². The van der Waals surface area contributed by atoms with E-state index in [-0.39, 0.29) is 27.7 Å². The fraction of sp³-hybridized carbons (Fsp3) is 0.100. The van der Waals surface area contributed by atoms with E-state index in [1.54, 1.807) is 0 Å². The fourth-order valence-electron chi connectivity index (χ4n) is 1.37. The molecule has 0 saturated heterocycles. The second kappa shape index (κ2) is 4.14. The Morgan fingerprint density at radius 3 is 2.82 bits per heavy atom. The van der Waals surface area contributed by atoms with Crippen LogP contribution in [0.2, 0.25) is 5.02 Å². The first-order chi connectivity index (χ1) is 8.00. The number of rotatable bonds is 2. The minimum Gasteiger partial charge on any atom is -0.477 e. The van der Waals surface area contributed by atoms with Gasteiger partial charge in [-0.2, -0.15) is 0 Å². The van der Waals surface area contributed by atoms with Gasteiger partial charge in [0.15, 0.2) is 5.82 Å². The van der Waals surface area contributed by atoms with Crippen molar-refractivity contribution in [3.8, 4) is 11.4 Å². The number of nitrogens with zero attached hydrogens (tertiary/aromatic N) is 2. The Bertz CT molecular complexity index is 597. The third kappa shape index (κ3) is 1.99. The number of hydrogen-bond acceptors (Lipinski definition) is 4. The molecule has 2 aromatic rings. The lowest BCUT2D eigenvalue weighted by atomic mass is 10.1. The SMILES string of the molecule is Cc1onc(-c2ncc(Cl)cc2F)c1C(=O)O. The first-order valence-corrected chi connectivity index (χ1v) is 4.89. The normalized spacial score (nSPS) is 10.5. The van der Waals surface area contributed by atoms with Crippen LogP contribution in [0.3, 0.4) is 0 Å². The number of aromatic nitrogens is 2. The molecule has 0 aromatic carbocycles. The average Bonchev–Trinajstić information content (AvgIpc) is 2.60. The molecule has 0 aliphatic heterocycles. The largest absolute Gasteiger partial charge is 0.477 e. The summed E-state index contributed by atoms with van der Waals surface area (Å²) in [5, 5.41) is 12.6. The second-order valence-electron chi connectivity index (χ2n) is 3.25. The molecule has 0 aliphatic carbocycles. The molecule has 0 aliphatic rings. The van der Waals surface area contributed by atoms with Crippen molar-refractivity contribution >= 4 is 17.6 Å². The van der Waals surface area contributed by atoms with E-state index in [1.165, 1.54) is 13.1 Å². The van der Waals surface area contributed by atoms with Crippen molar-refractivity contribution in [2.24, 2.45) is 0 Å². The third-order valence-corrected chi connectivity index (χ3v) is 2.32. The maximum atomic E-state index is 13.6. The highest BCUT2D eigenvalue weighted by atomic mass is 35.5. The van der Waals surface area contributed by atoms with E-state index in [0.717, 1.165) is 6.07 Å². The highest BCUT2D eigenvalue weighted by molar-refractivity contribution is 6.30. The van der Waals surface area contributed by atoms with E-state index in [2.05, 4.69) is 10.1 Å². The van der Waals surface area contributed by atoms with E-state index in [9.17, 15) is 9.18 Å². The highest BCUT2D eigenvalue weighted by Crippen LogP contribution is 2.26. The van der Waals surface area contributed by atoms with Crippen LogP contribution < -0.4 is 0 Å². The van der Waals surface area contributed by atoms with Crippen molar-refractivity contribution in [2.75, 3.05) is 0 Å². The molecule has 0 atom stereocenters. The van der Waals surface area contributed by atoms with Gasteiger partial charge in [-0.3, -0.25) is 0 Å². The third-order valence-electron chi connectivity index (χ3n) is 2.11. The molecule has 5 nitrogen and oxygen atoms in total. The number of hydrogen-bond donors (Lipinski definition) is 1. The van der Waals surface area contributed by atoms with Gasteiger partial charge in [-0.1, -0.05) is 16.8 Å². The van der Waals surface area contributed by atoms with Gasteiger partial charge in [-0.25, -0.2) is 14.2 Å². The molecule has 0 radical (unpaired) electrons. The van der Waals surface area contributed by atoms with Gasteiger partial charge in [0, 0.05) is 6.20 Å². The van der Waals surface area contributed by atoms with Crippen molar-refractivity contribution in [1.29, 1.82) is 0 Å². The maximum absolute atomic E-state index is 13.6. The molecule has 7 heteroatoms. The average molecular weight is 257 g/mol. The lowest BCUT2D eigenvalue weighted by molar-refractivity contribution is 0.0695. The van der Waals surface area contributed by atoms with Crippen LogP contribution >= 0.6 is 11.6 Å². The molecule has 17 heavy (non-hydrogen) atoms. The lowest BCUT2D eigenvalue weighted by Gasteiger charge is -1.99. The summed E-state index contributed by atoms with van der Waals surface area (Å²) in [6.45, 7) is 1.42. The Morgan fingerprint density at radius 2 is 2.24 bits per heavy atom. The van der Waals surface area contributed by atoms with Gasteiger partial charge >= 0.3 is 5.97 Å². The number of carboxylic acids is 1. The van der Waals surface area contributed by atoms with Gasteiger partial charge in [0.2, 0.25) is 0 Å². The minimum atomic E-state index is -1.25. The fourth-order valence-corrected chi connectivity index (χ4v) is 1.52. The number of aromatic carboxylic acids is 1. The molecule has 2 heterocycles. The van der Waals surface area contributed by atoms with Gasteiger partial charge in [-0.15, -0.1) is 0 Å². The molecule has 0 amide bonds. The van der Waals surface area contributed by atoms with Crippen molar-refractivity contribution < 1.29 is 18.8 Å². The zero-order valence-electron chi connectivity index (χ0n) is 8.57.